The van der Waals surface area contributed by atoms with Gasteiger partial charge in [-0.3, -0.25) is 0 Å². The van der Waals surface area contributed by atoms with Crippen LogP contribution in [0.3, 0.4) is 0 Å². The van der Waals surface area contributed by atoms with Gasteiger partial charge in [-0.25, -0.2) is 0 Å². The predicted octanol–water partition coefficient (Wildman–Crippen LogP) is 8.39. The zero-order chi connectivity index (χ0) is 21.0. The van der Waals surface area contributed by atoms with Crippen molar-refractivity contribution in [1.29, 1.82) is 0 Å². The zero-order valence-corrected chi connectivity index (χ0v) is 21.6. The van der Waals surface area contributed by atoms with Crippen LogP contribution in [-0.4, -0.2) is 19.1 Å². The molecule has 0 saturated heterocycles. The molecule has 0 nitrogen and oxygen atoms in total. The van der Waals surface area contributed by atoms with Crippen molar-refractivity contribution in [3.05, 3.63) is 99.5 Å². The van der Waals surface area contributed by atoms with Gasteiger partial charge >= 0.3 is 195 Å². The van der Waals surface area contributed by atoms with Gasteiger partial charge < -0.3 is 0 Å². The Morgan fingerprint density at radius 3 is 1.57 bits per heavy atom. The number of halogens is 1. The van der Waals surface area contributed by atoms with Crippen molar-refractivity contribution < 1.29 is 0 Å². The first kappa shape index (κ1) is 20.1. The number of fused-ring (bicyclic) bond motifs is 3. The minimum absolute atomic E-state index is 1.18. The standard InChI is InChI=1S/C28H24BrTe/c1-17-5-9-21(25(29)13-17)22-10-6-18(2)14-26(22)30-27-15-19(3)7-11-23(27)24-12-8-20(4)16-28(24)30/h5-16H,1-4H3/q+1. The Morgan fingerprint density at radius 2 is 1.00 bits per heavy atom. The van der Waals surface area contributed by atoms with Crippen LogP contribution in [0.5, 0.6) is 0 Å². The van der Waals surface area contributed by atoms with E-state index >= 15 is 0 Å². The molecule has 0 atom stereocenters. The topological polar surface area (TPSA) is 0 Å². The second-order valence-electron chi connectivity index (χ2n) is 8.29. The molecule has 0 bridgehead atoms. The van der Waals surface area contributed by atoms with Crippen LogP contribution >= 0.6 is 15.9 Å². The van der Waals surface area contributed by atoms with E-state index in [0.29, 0.717) is 0 Å². The summed E-state index contributed by atoms with van der Waals surface area (Å²) in [4.78, 5) is 0. The van der Waals surface area contributed by atoms with Crippen molar-refractivity contribution in [3.63, 3.8) is 0 Å². The van der Waals surface area contributed by atoms with Crippen LogP contribution in [0.4, 0.5) is 0 Å². The van der Waals surface area contributed by atoms with Gasteiger partial charge in [0.1, 0.15) is 0 Å². The van der Waals surface area contributed by atoms with Crippen LogP contribution in [-0.2, 0) is 0 Å². The molecule has 2 heteroatoms. The van der Waals surface area contributed by atoms with Crippen molar-refractivity contribution in [2.24, 2.45) is 0 Å². The maximum absolute atomic E-state index is 3.85. The Balaban J connectivity index is 1.94. The van der Waals surface area contributed by atoms with Crippen LogP contribution < -0.4 is 0 Å². The summed E-state index contributed by atoms with van der Waals surface area (Å²) in [5.41, 5.74) is 8.01. The predicted molar refractivity (Wildman–Crippen MR) is 136 cm³/mol. The minimum atomic E-state index is -1.99. The molecule has 0 aliphatic carbocycles. The van der Waals surface area contributed by atoms with E-state index in [1.807, 2.05) is 0 Å². The van der Waals surface area contributed by atoms with Crippen molar-refractivity contribution >= 4 is 52.6 Å². The molecule has 4 aromatic carbocycles. The van der Waals surface area contributed by atoms with Crippen molar-refractivity contribution in [3.8, 4) is 14.7 Å². The van der Waals surface area contributed by atoms with E-state index < -0.39 is 19.1 Å². The molecule has 148 valence electrons. The van der Waals surface area contributed by atoms with Gasteiger partial charge in [0.05, 0.1) is 0 Å². The molecule has 0 spiro atoms. The monoisotopic (exact) mass is 569 g/mol. The Kier molecular flexibility index (Phi) is 5.14. The van der Waals surface area contributed by atoms with E-state index in [0.717, 1.165) is 0 Å². The van der Waals surface area contributed by atoms with Gasteiger partial charge in [0.25, 0.3) is 0 Å². The molecule has 0 aliphatic heterocycles. The third-order valence-electron chi connectivity index (χ3n) is 5.78. The Bertz CT molecular complexity index is 1380. The molecule has 5 rings (SSSR count). The molecular formula is C28H24BrTe+. The number of hydrogen-bond acceptors (Lipinski definition) is 0. The third kappa shape index (κ3) is 3.36. The first-order valence-corrected chi connectivity index (χ1v) is 14.5. The average molecular weight is 568 g/mol. The summed E-state index contributed by atoms with van der Waals surface area (Å²) in [6.07, 6.45) is 0. The van der Waals surface area contributed by atoms with Crippen molar-refractivity contribution in [2.75, 3.05) is 0 Å². The molecule has 0 amide bonds. The molecular weight excluding hydrogens is 544 g/mol. The van der Waals surface area contributed by atoms with Crippen LogP contribution in [0.2, 0.25) is 0 Å². The SMILES string of the molecule is Cc1ccc(-c2ccc(C)cc2-[te+]2c3cc(C)ccc3c3ccc(C)cc32)c(Br)c1. The summed E-state index contributed by atoms with van der Waals surface area (Å²) in [6.45, 7) is 8.81. The summed E-state index contributed by atoms with van der Waals surface area (Å²) in [5, 5.41) is 2.89. The quantitative estimate of drug-likeness (QED) is 0.188. The van der Waals surface area contributed by atoms with Gasteiger partial charge in [-0.1, -0.05) is 0 Å². The van der Waals surface area contributed by atoms with E-state index in [1.54, 1.807) is 10.4 Å². The first-order chi connectivity index (χ1) is 14.4. The Morgan fingerprint density at radius 1 is 0.533 bits per heavy atom. The molecule has 0 radical (unpaired) electrons. The fraction of sp³-hybridized carbons (Fsp3) is 0.143. The second kappa shape index (κ2) is 7.69. The van der Waals surface area contributed by atoms with Crippen molar-refractivity contribution in [1.82, 2.24) is 0 Å². The Labute approximate surface area is 193 Å². The zero-order valence-electron chi connectivity index (χ0n) is 17.7. The normalized spacial score (nSPS) is 11.5. The maximum atomic E-state index is 3.85. The number of aryl methyl sites for hydroxylation is 4. The van der Waals surface area contributed by atoms with Crippen LogP contribution in [0.15, 0.2) is 77.3 Å². The van der Waals surface area contributed by atoms with Gasteiger partial charge in [0.15, 0.2) is 0 Å². The summed E-state index contributed by atoms with van der Waals surface area (Å²) in [5.74, 6) is 0. The van der Waals surface area contributed by atoms with Crippen molar-refractivity contribution in [2.45, 2.75) is 27.7 Å². The third-order valence-corrected chi connectivity index (χ3v) is 13.1. The van der Waals surface area contributed by atoms with E-state index in [-0.39, 0.29) is 0 Å². The van der Waals surface area contributed by atoms with E-state index in [1.165, 1.54) is 48.6 Å². The average Bonchev–Trinajstić information content (AvgIpc) is 3.00. The van der Waals surface area contributed by atoms with E-state index in [2.05, 4.69) is 116 Å². The molecule has 0 N–H and O–H groups in total. The van der Waals surface area contributed by atoms with Gasteiger partial charge in [0.2, 0.25) is 0 Å². The van der Waals surface area contributed by atoms with Gasteiger partial charge in [0, 0.05) is 0 Å². The summed E-state index contributed by atoms with van der Waals surface area (Å²) < 4.78 is 5.92. The van der Waals surface area contributed by atoms with Crippen LogP contribution in [0.1, 0.15) is 22.3 Å². The van der Waals surface area contributed by atoms with E-state index in [4.69, 9.17) is 0 Å². The molecule has 0 fully saturated rings. The summed E-state index contributed by atoms with van der Waals surface area (Å²) in [7, 11) is 0. The summed E-state index contributed by atoms with van der Waals surface area (Å²) in [6, 6.07) is 27.9. The fourth-order valence-corrected chi connectivity index (χ4v) is 13.0. The molecule has 0 saturated carbocycles. The van der Waals surface area contributed by atoms with Gasteiger partial charge in [-0.2, -0.15) is 0 Å². The number of hydrogen-bond donors (Lipinski definition) is 0. The fourth-order valence-electron chi connectivity index (χ4n) is 4.26. The van der Waals surface area contributed by atoms with Crippen LogP contribution in [0.25, 0.3) is 32.3 Å². The first-order valence-electron chi connectivity index (χ1n) is 10.3. The van der Waals surface area contributed by atoms with Crippen LogP contribution in [0, 0.1) is 27.7 Å². The molecule has 0 aliphatic rings. The number of benzene rings is 4. The van der Waals surface area contributed by atoms with E-state index in [9.17, 15) is 0 Å². The summed E-state index contributed by atoms with van der Waals surface area (Å²) >= 11 is 1.86. The van der Waals surface area contributed by atoms with Gasteiger partial charge in [-0.15, -0.1) is 0 Å². The Hall–Kier alpha value is -1.85. The number of rotatable bonds is 2. The molecule has 5 aromatic rings. The molecule has 30 heavy (non-hydrogen) atoms. The molecule has 1 aromatic heterocycles. The molecule has 1 heterocycles. The second-order valence-corrected chi connectivity index (χ2v) is 14.7. The van der Waals surface area contributed by atoms with Gasteiger partial charge in [-0.05, 0) is 0 Å². The molecule has 0 unspecified atom stereocenters.